The standard InChI is InChI=1S/C28H32FN9O2S2/c1-5-21-25(34(4)26-32-24(22(10-30)41-26)18-6-8-19(29)9-7-18)38-27(31-21)42-28(33-38)37-12-16(2)35(11-17(37)3)15-23(40)36-13-20(39)14-36/h6-9,16-17,20,39H,5,11-15H2,1-4H3. The molecule has 220 valence electrons. The fraction of sp³-hybridized carbons (Fsp3) is 0.464. The first-order valence-corrected chi connectivity index (χ1v) is 15.6. The summed E-state index contributed by atoms with van der Waals surface area (Å²) in [5.41, 5.74) is 2.08. The molecule has 2 fully saturated rings. The highest BCUT2D eigenvalue weighted by molar-refractivity contribution is 7.20. The lowest BCUT2D eigenvalue weighted by atomic mass is 10.1. The van der Waals surface area contributed by atoms with E-state index in [0.717, 1.165) is 34.7 Å². The van der Waals surface area contributed by atoms with Crippen LogP contribution in [0.4, 0.5) is 20.5 Å². The van der Waals surface area contributed by atoms with Crippen LogP contribution in [0.2, 0.25) is 0 Å². The molecule has 1 N–H and O–H groups in total. The van der Waals surface area contributed by atoms with Gasteiger partial charge in [-0.15, -0.1) is 5.10 Å². The van der Waals surface area contributed by atoms with Crippen molar-refractivity contribution in [3.63, 3.8) is 0 Å². The van der Waals surface area contributed by atoms with Crippen LogP contribution in [0.3, 0.4) is 0 Å². The molecule has 1 aromatic carbocycles. The molecular formula is C28H32FN9O2S2. The van der Waals surface area contributed by atoms with Crippen molar-refractivity contribution in [1.82, 2.24) is 29.4 Å². The van der Waals surface area contributed by atoms with Crippen molar-refractivity contribution in [1.29, 1.82) is 5.26 Å². The number of rotatable bonds is 7. The third-order valence-electron chi connectivity index (χ3n) is 7.93. The predicted molar refractivity (Wildman–Crippen MR) is 161 cm³/mol. The average Bonchev–Trinajstić information content (AvgIpc) is 3.65. The number of fused-ring (bicyclic) bond motifs is 1. The Balaban J connectivity index is 1.25. The van der Waals surface area contributed by atoms with Gasteiger partial charge in [0.05, 0.1) is 18.3 Å². The van der Waals surface area contributed by atoms with Crippen LogP contribution in [-0.2, 0) is 11.2 Å². The van der Waals surface area contributed by atoms with Gasteiger partial charge in [0, 0.05) is 50.9 Å². The van der Waals surface area contributed by atoms with Gasteiger partial charge in [0.1, 0.15) is 22.5 Å². The number of halogens is 1. The number of likely N-dealkylation sites (tertiary alicyclic amines) is 1. The van der Waals surface area contributed by atoms with Gasteiger partial charge in [0.2, 0.25) is 16.0 Å². The van der Waals surface area contributed by atoms with E-state index in [1.807, 2.05) is 23.4 Å². The first kappa shape index (κ1) is 28.5. The Morgan fingerprint density at radius 2 is 1.88 bits per heavy atom. The van der Waals surface area contributed by atoms with Crippen LogP contribution in [0, 0.1) is 17.1 Å². The molecule has 2 saturated heterocycles. The highest BCUT2D eigenvalue weighted by atomic mass is 32.1. The molecule has 2 atom stereocenters. The van der Waals surface area contributed by atoms with Crippen LogP contribution >= 0.6 is 22.7 Å². The number of hydrogen-bond acceptors (Lipinski definition) is 11. The lowest BCUT2D eigenvalue weighted by Gasteiger charge is -2.45. The largest absolute Gasteiger partial charge is 0.389 e. The van der Waals surface area contributed by atoms with Crippen LogP contribution in [0.25, 0.3) is 16.2 Å². The Bertz CT molecular complexity index is 1650. The van der Waals surface area contributed by atoms with Gasteiger partial charge in [0.15, 0.2) is 10.9 Å². The van der Waals surface area contributed by atoms with Crippen molar-refractivity contribution in [2.45, 2.75) is 45.4 Å². The van der Waals surface area contributed by atoms with E-state index in [0.29, 0.717) is 47.3 Å². The van der Waals surface area contributed by atoms with Crippen LogP contribution in [0.5, 0.6) is 0 Å². The van der Waals surface area contributed by atoms with Crippen LogP contribution in [0.1, 0.15) is 31.3 Å². The molecule has 42 heavy (non-hydrogen) atoms. The Hall–Kier alpha value is -3.64. The van der Waals surface area contributed by atoms with Crippen molar-refractivity contribution >= 4 is 49.6 Å². The second-order valence-corrected chi connectivity index (χ2v) is 12.8. The summed E-state index contributed by atoms with van der Waals surface area (Å²) in [5, 5.41) is 25.8. The van der Waals surface area contributed by atoms with Gasteiger partial charge >= 0.3 is 0 Å². The molecule has 1 amide bonds. The number of thiazole rings is 1. The third-order valence-corrected chi connectivity index (χ3v) is 9.91. The van der Waals surface area contributed by atoms with Crippen molar-refractivity contribution in [2.75, 3.05) is 49.6 Å². The number of nitriles is 1. The van der Waals surface area contributed by atoms with Gasteiger partial charge in [0.25, 0.3) is 0 Å². The maximum absolute atomic E-state index is 13.5. The van der Waals surface area contributed by atoms with Crippen molar-refractivity contribution < 1.29 is 14.3 Å². The molecule has 2 unspecified atom stereocenters. The number of benzene rings is 1. The third kappa shape index (κ3) is 5.11. The highest BCUT2D eigenvalue weighted by Crippen LogP contribution is 2.38. The molecule has 2 aliphatic heterocycles. The smallest absolute Gasteiger partial charge is 0.236 e. The Morgan fingerprint density at radius 1 is 1.14 bits per heavy atom. The Morgan fingerprint density at radius 3 is 2.55 bits per heavy atom. The summed E-state index contributed by atoms with van der Waals surface area (Å²) in [5.74, 6) is 0.509. The normalized spacial score (nSPS) is 19.7. The van der Waals surface area contributed by atoms with E-state index in [-0.39, 0.29) is 23.8 Å². The lowest BCUT2D eigenvalue weighted by Crippen LogP contribution is -2.61. The number of hydrogen-bond donors (Lipinski definition) is 1. The number of imidazole rings is 1. The van der Waals surface area contributed by atoms with Crippen LogP contribution in [0.15, 0.2) is 24.3 Å². The predicted octanol–water partition coefficient (Wildman–Crippen LogP) is 3.36. The van der Waals surface area contributed by atoms with Gasteiger partial charge in [-0.2, -0.15) is 9.78 Å². The number of β-amino-alcohol motifs (C(OH)–C–C–N with tert-alkyl or cyclic N) is 1. The first-order valence-electron chi connectivity index (χ1n) is 13.9. The molecule has 11 nitrogen and oxygen atoms in total. The van der Waals surface area contributed by atoms with E-state index in [4.69, 9.17) is 15.1 Å². The van der Waals surface area contributed by atoms with Gasteiger partial charge < -0.3 is 19.8 Å². The molecule has 6 rings (SSSR count). The van der Waals surface area contributed by atoms with Crippen molar-refractivity contribution in [3.05, 3.63) is 40.7 Å². The number of carbonyl (C=O) groups excluding carboxylic acids is 1. The number of aliphatic hydroxyl groups excluding tert-OH is 1. The van der Waals surface area contributed by atoms with Crippen LogP contribution in [-0.4, -0.2) is 98.4 Å². The van der Waals surface area contributed by atoms with Gasteiger partial charge in [-0.3, -0.25) is 9.69 Å². The highest BCUT2D eigenvalue weighted by Gasteiger charge is 2.36. The van der Waals surface area contributed by atoms with Crippen molar-refractivity contribution in [3.8, 4) is 17.3 Å². The number of amides is 1. The molecule has 0 radical (unpaired) electrons. The van der Waals surface area contributed by atoms with E-state index in [1.165, 1.54) is 34.8 Å². The minimum atomic E-state index is -0.399. The lowest BCUT2D eigenvalue weighted by molar-refractivity contribution is -0.143. The van der Waals surface area contributed by atoms with Crippen molar-refractivity contribution in [2.24, 2.45) is 0 Å². The van der Waals surface area contributed by atoms with E-state index in [1.54, 1.807) is 17.0 Å². The number of anilines is 3. The van der Waals surface area contributed by atoms with E-state index >= 15 is 0 Å². The zero-order valence-electron chi connectivity index (χ0n) is 23.9. The molecule has 4 aromatic rings. The molecule has 2 aliphatic rings. The van der Waals surface area contributed by atoms with Crippen LogP contribution < -0.4 is 9.80 Å². The monoisotopic (exact) mass is 609 g/mol. The number of aromatic nitrogens is 4. The molecule has 5 heterocycles. The summed E-state index contributed by atoms with van der Waals surface area (Å²) in [7, 11) is 1.90. The minimum Gasteiger partial charge on any atom is -0.389 e. The molecule has 0 aliphatic carbocycles. The SMILES string of the molecule is CCc1nc2sc(N3CC(C)N(CC(=O)N4CC(O)C4)CC3C)nn2c1N(C)c1nc(-c2ccc(F)cc2)c(C#N)s1. The minimum absolute atomic E-state index is 0.0598. The summed E-state index contributed by atoms with van der Waals surface area (Å²) in [6, 6.07) is 8.50. The number of aryl methyl sites for hydroxylation is 1. The number of carbonyl (C=O) groups is 1. The summed E-state index contributed by atoms with van der Waals surface area (Å²) in [6.07, 6.45) is 0.296. The number of piperazine rings is 1. The quantitative estimate of drug-likeness (QED) is 0.337. The van der Waals surface area contributed by atoms with E-state index in [2.05, 4.69) is 29.7 Å². The Kier molecular flexibility index (Phi) is 7.61. The summed E-state index contributed by atoms with van der Waals surface area (Å²) >= 11 is 2.80. The molecule has 0 bridgehead atoms. The summed E-state index contributed by atoms with van der Waals surface area (Å²) in [4.78, 5) is 31.6. The molecular weight excluding hydrogens is 578 g/mol. The van der Waals surface area contributed by atoms with Gasteiger partial charge in [-0.25, -0.2) is 14.4 Å². The maximum Gasteiger partial charge on any atom is 0.236 e. The second kappa shape index (κ2) is 11.2. The maximum atomic E-state index is 13.5. The number of aliphatic hydroxyl groups is 1. The topological polar surface area (TPSA) is 117 Å². The van der Waals surface area contributed by atoms with Gasteiger partial charge in [-0.1, -0.05) is 29.6 Å². The molecule has 0 saturated carbocycles. The first-order chi connectivity index (χ1) is 20.2. The fourth-order valence-electron chi connectivity index (χ4n) is 5.50. The zero-order chi connectivity index (χ0) is 29.7. The molecule has 3 aromatic heterocycles. The van der Waals surface area contributed by atoms with Gasteiger partial charge in [-0.05, 0) is 44.5 Å². The average molecular weight is 610 g/mol. The number of nitrogens with zero attached hydrogens (tertiary/aromatic N) is 9. The zero-order valence-corrected chi connectivity index (χ0v) is 25.5. The van der Waals surface area contributed by atoms with E-state index in [9.17, 15) is 19.6 Å². The molecule has 0 spiro atoms. The summed E-state index contributed by atoms with van der Waals surface area (Å²) < 4.78 is 15.4. The second-order valence-electron chi connectivity index (χ2n) is 10.9. The van der Waals surface area contributed by atoms with E-state index < -0.39 is 6.10 Å². The summed E-state index contributed by atoms with van der Waals surface area (Å²) in [6.45, 7) is 8.94. The Labute approximate surface area is 251 Å². The fourth-order valence-corrected chi connectivity index (χ4v) is 7.37. The molecule has 14 heteroatoms.